The maximum Gasteiger partial charge on any atom is 0.337 e. The molecule has 4 rings (SSSR count). The molecule has 24 heavy (non-hydrogen) atoms. The number of hydrogen-bond donors (Lipinski definition) is 1. The van der Waals surface area contributed by atoms with E-state index >= 15 is 0 Å². The van der Waals surface area contributed by atoms with Crippen LogP contribution in [0.5, 0.6) is 0 Å². The quantitative estimate of drug-likeness (QED) is 0.648. The van der Waals surface area contributed by atoms with Crippen LogP contribution in [-0.2, 0) is 9.59 Å². The van der Waals surface area contributed by atoms with Crippen LogP contribution >= 0.6 is 0 Å². The second-order valence-electron chi connectivity index (χ2n) is 6.01. The smallest absolute Gasteiger partial charge is 0.322 e. The third-order valence-corrected chi connectivity index (χ3v) is 4.50. The molecular weight excluding hydrogens is 306 g/mol. The van der Waals surface area contributed by atoms with Crippen LogP contribution in [0.2, 0.25) is 0 Å². The summed E-state index contributed by atoms with van der Waals surface area (Å²) >= 11 is 0. The Kier molecular flexibility index (Phi) is 2.96. The van der Waals surface area contributed by atoms with Crippen LogP contribution in [0.15, 0.2) is 42.5 Å². The van der Waals surface area contributed by atoms with E-state index in [2.05, 4.69) is 5.32 Å². The number of nitrogens with one attached hydrogen (secondary N) is 1. The molecule has 0 aliphatic carbocycles. The molecule has 2 heterocycles. The van der Waals surface area contributed by atoms with Crippen LogP contribution in [0.1, 0.15) is 11.1 Å². The average molecular weight is 321 g/mol. The van der Waals surface area contributed by atoms with Crippen molar-refractivity contribution in [2.75, 3.05) is 15.1 Å². The van der Waals surface area contributed by atoms with Gasteiger partial charge in [-0.05, 0) is 49.2 Å². The molecule has 2 aromatic carbocycles. The third kappa shape index (κ3) is 1.86. The monoisotopic (exact) mass is 321 g/mol. The highest BCUT2D eigenvalue weighted by molar-refractivity contribution is 6.37. The molecule has 0 bridgehead atoms. The highest BCUT2D eigenvalue weighted by atomic mass is 16.2. The molecule has 6 nitrogen and oxygen atoms in total. The molecule has 0 spiro atoms. The van der Waals surface area contributed by atoms with E-state index in [0.717, 1.165) is 16.0 Å². The topological polar surface area (TPSA) is 69.7 Å². The van der Waals surface area contributed by atoms with Crippen molar-refractivity contribution in [3.05, 3.63) is 53.6 Å². The molecule has 2 aliphatic rings. The number of imide groups is 1. The minimum atomic E-state index is -1.16. The lowest BCUT2D eigenvalue weighted by Gasteiger charge is -2.29. The van der Waals surface area contributed by atoms with E-state index in [1.54, 1.807) is 30.3 Å². The number of nitrogens with zero attached hydrogens (tertiary/aromatic N) is 2. The fourth-order valence-electron chi connectivity index (χ4n) is 3.13. The number of benzene rings is 2. The molecule has 2 aliphatic heterocycles. The molecule has 120 valence electrons. The SMILES string of the molecule is Cc1cc2c(cc1C)N1C(=O)N(c3ccccc3)C(=O)C1C(=O)N2. The summed E-state index contributed by atoms with van der Waals surface area (Å²) in [7, 11) is 0. The van der Waals surface area contributed by atoms with Gasteiger partial charge in [0, 0.05) is 0 Å². The van der Waals surface area contributed by atoms with Crippen molar-refractivity contribution in [3.8, 4) is 0 Å². The van der Waals surface area contributed by atoms with Gasteiger partial charge in [-0.1, -0.05) is 18.2 Å². The summed E-state index contributed by atoms with van der Waals surface area (Å²) in [4.78, 5) is 40.4. The number of rotatable bonds is 1. The first-order valence-corrected chi connectivity index (χ1v) is 7.63. The number of anilines is 3. The molecule has 1 saturated heterocycles. The fourth-order valence-corrected chi connectivity index (χ4v) is 3.13. The molecule has 1 N–H and O–H groups in total. The van der Waals surface area contributed by atoms with Gasteiger partial charge in [-0.25, -0.2) is 9.69 Å². The van der Waals surface area contributed by atoms with Crippen LogP contribution < -0.4 is 15.1 Å². The maximum absolute atomic E-state index is 12.9. The van der Waals surface area contributed by atoms with Crippen LogP contribution in [0.4, 0.5) is 21.9 Å². The summed E-state index contributed by atoms with van der Waals surface area (Å²) in [6.07, 6.45) is 0. The summed E-state index contributed by atoms with van der Waals surface area (Å²) < 4.78 is 0. The lowest BCUT2D eigenvalue weighted by atomic mass is 10.0. The number of carbonyl (C=O) groups is 3. The van der Waals surface area contributed by atoms with E-state index < -0.39 is 23.9 Å². The number of fused-ring (bicyclic) bond motifs is 3. The van der Waals surface area contributed by atoms with Crippen LogP contribution in [0.25, 0.3) is 0 Å². The Labute approximate surface area is 138 Å². The zero-order valence-corrected chi connectivity index (χ0v) is 13.2. The summed E-state index contributed by atoms with van der Waals surface area (Å²) in [6.45, 7) is 3.86. The van der Waals surface area contributed by atoms with Gasteiger partial charge in [-0.3, -0.25) is 14.5 Å². The molecule has 1 atom stereocenters. The van der Waals surface area contributed by atoms with Crippen molar-refractivity contribution in [2.45, 2.75) is 19.9 Å². The molecule has 6 heteroatoms. The Hall–Kier alpha value is -3.15. The van der Waals surface area contributed by atoms with Gasteiger partial charge >= 0.3 is 6.03 Å². The van der Waals surface area contributed by atoms with Gasteiger partial charge in [0.25, 0.3) is 11.8 Å². The van der Waals surface area contributed by atoms with Crippen LogP contribution in [-0.4, -0.2) is 23.9 Å². The number of carbonyl (C=O) groups excluding carboxylic acids is 3. The number of amides is 4. The second kappa shape index (κ2) is 4.92. The standard InChI is InChI=1S/C18H15N3O3/c1-10-8-13-14(9-11(10)2)21-15(16(22)19-13)17(23)20(18(21)24)12-6-4-3-5-7-12/h3-9,15H,1-2H3,(H,19,22). The van der Waals surface area contributed by atoms with Crippen molar-refractivity contribution < 1.29 is 14.4 Å². The number of urea groups is 1. The normalized spacial score (nSPS) is 19.2. The molecule has 4 amide bonds. The summed E-state index contributed by atoms with van der Waals surface area (Å²) in [6, 6.07) is 10.6. The van der Waals surface area contributed by atoms with Crippen LogP contribution in [0.3, 0.4) is 0 Å². The molecule has 0 aromatic heterocycles. The molecule has 2 aromatic rings. The molecule has 1 fully saturated rings. The van der Waals surface area contributed by atoms with Crippen molar-refractivity contribution in [2.24, 2.45) is 0 Å². The highest BCUT2D eigenvalue weighted by Crippen LogP contribution is 2.39. The Morgan fingerprint density at radius 1 is 0.958 bits per heavy atom. The van der Waals surface area contributed by atoms with Gasteiger partial charge in [0.1, 0.15) is 0 Å². The predicted molar refractivity (Wildman–Crippen MR) is 90.1 cm³/mol. The first-order valence-electron chi connectivity index (χ1n) is 7.63. The van der Waals surface area contributed by atoms with Gasteiger partial charge < -0.3 is 5.32 Å². The highest BCUT2D eigenvalue weighted by Gasteiger charge is 2.53. The number of para-hydroxylation sites is 1. The Bertz CT molecular complexity index is 892. The lowest BCUT2D eigenvalue weighted by molar-refractivity contribution is -0.125. The fraction of sp³-hybridized carbons (Fsp3) is 0.167. The van der Waals surface area contributed by atoms with E-state index in [4.69, 9.17) is 0 Å². The second-order valence-corrected chi connectivity index (χ2v) is 6.01. The van der Waals surface area contributed by atoms with Gasteiger partial charge in [0.2, 0.25) is 0 Å². The van der Waals surface area contributed by atoms with Gasteiger partial charge in [0.05, 0.1) is 17.1 Å². The van der Waals surface area contributed by atoms with Crippen molar-refractivity contribution in [3.63, 3.8) is 0 Å². The first kappa shape index (κ1) is 14.4. The van der Waals surface area contributed by atoms with E-state index in [1.165, 1.54) is 4.90 Å². The van der Waals surface area contributed by atoms with Gasteiger partial charge in [0.15, 0.2) is 6.04 Å². The Morgan fingerprint density at radius 2 is 1.62 bits per heavy atom. The van der Waals surface area contributed by atoms with E-state index in [9.17, 15) is 14.4 Å². The van der Waals surface area contributed by atoms with E-state index in [1.807, 2.05) is 26.0 Å². The van der Waals surface area contributed by atoms with Gasteiger partial charge in [-0.15, -0.1) is 0 Å². The zero-order chi connectivity index (χ0) is 17.0. The minimum Gasteiger partial charge on any atom is -0.322 e. The van der Waals surface area contributed by atoms with Crippen molar-refractivity contribution >= 4 is 34.9 Å². The third-order valence-electron chi connectivity index (χ3n) is 4.50. The van der Waals surface area contributed by atoms with E-state index in [-0.39, 0.29) is 0 Å². The summed E-state index contributed by atoms with van der Waals surface area (Å²) in [5, 5.41) is 2.74. The Morgan fingerprint density at radius 3 is 2.33 bits per heavy atom. The summed E-state index contributed by atoms with van der Waals surface area (Å²) in [5.74, 6) is -1.02. The largest absolute Gasteiger partial charge is 0.337 e. The van der Waals surface area contributed by atoms with E-state index in [0.29, 0.717) is 17.1 Å². The van der Waals surface area contributed by atoms with Crippen molar-refractivity contribution in [1.29, 1.82) is 0 Å². The van der Waals surface area contributed by atoms with Crippen molar-refractivity contribution in [1.82, 2.24) is 0 Å². The maximum atomic E-state index is 12.9. The average Bonchev–Trinajstić information content (AvgIpc) is 2.82. The van der Waals surface area contributed by atoms with Gasteiger partial charge in [-0.2, -0.15) is 0 Å². The first-order chi connectivity index (χ1) is 11.5. The molecule has 1 unspecified atom stereocenters. The number of hydrogen-bond acceptors (Lipinski definition) is 3. The zero-order valence-electron chi connectivity index (χ0n) is 13.2. The minimum absolute atomic E-state index is 0.458. The molecular formula is C18H15N3O3. The lowest BCUT2D eigenvalue weighted by Crippen LogP contribution is -2.48. The molecule has 0 radical (unpaired) electrons. The predicted octanol–water partition coefficient (Wildman–Crippen LogP) is 2.60. The number of aryl methyl sites for hydroxylation is 2. The Balaban J connectivity index is 1.87. The summed E-state index contributed by atoms with van der Waals surface area (Å²) in [5.41, 5.74) is 3.56. The van der Waals surface area contributed by atoms with Crippen LogP contribution in [0, 0.1) is 13.8 Å². The molecule has 0 saturated carbocycles.